The molecule has 0 radical (unpaired) electrons. The predicted molar refractivity (Wildman–Crippen MR) is 122 cm³/mol. The van der Waals surface area contributed by atoms with Gasteiger partial charge in [0.15, 0.2) is 11.5 Å². The number of para-hydroxylation sites is 2. The summed E-state index contributed by atoms with van der Waals surface area (Å²) in [4.78, 5) is 29.1. The molecule has 2 amide bonds. The lowest BCUT2D eigenvalue weighted by atomic mass is 10.1. The van der Waals surface area contributed by atoms with E-state index in [0.29, 0.717) is 55.9 Å². The van der Waals surface area contributed by atoms with E-state index < -0.39 is 6.10 Å². The van der Waals surface area contributed by atoms with Gasteiger partial charge < -0.3 is 23.7 Å². The molecule has 0 bridgehead atoms. The standard InChI is InChI=1S/C25H26N4O5/c1-17-6-8-18(9-7-17)24-27-26-22(34-24)10-11-23(30)28-12-14-29(15-13-28)25(31)21-16-32-19-4-2-3-5-20(19)33-21/h2-9,21H,10-16H2,1H3/t21-/m1/s1. The van der Waals surface area contributed by atoms with Gasteiger partial charge in [0.1, 0.15) is 6.61 Å². The topological polar surface area (TPSA) is 98.0 Å². The second-order valence-corrected chi connectivity index (χ2v) is 8.44. The third-order valence-electron chi connectivity index (χ3n) is 6.05. The van der Waals surface area contributed by atoms with E-state index in [1.807, 2.05) is 49.4 Å². The molecule has 0 unspecified atom stereocenters. The van der Waals surface area contributed by atoms with Crippen LogP contribution in [0.25, 0.3) is 11.5 Å². The molecule has 0 aliphatic carbocycles. The van der Waals surface area contributed by atoms with Gasteiger partial charge in [-0.2, -0.15) is 0 Å². The second-order valence-electron chi connectivity index (χ2n) is 8.44. The van der Waals surface area contributed by atoms with E-state index in [0.717, 1.165) is 11.1 Å². The number of nitrogens with zero attached hydrogens (tertiary/aromatic N) is 4. The first-order valence-electron chi connectivity index (χ1n) is 11.4. The Hall–Kier alpha value is -3.88. The Morgan fingerprint density at radius 1 is 0.941 bits per heavy atom. The Morgan fingerprint density at radius 2 is 1.65 bits per heavy atom. The van der Waals surface area contributed by atoms with E-state index in [1.54, 1.807) is 15.9 Å². The van der Waals surface area contributed by atoms with Crippen molar-refractivity contribution in [2.75, 3.05) is 32.8 Å². The maximum atomic E-state index is 12.9. The maximum absolute atomic E-state index is 12.9. The number of fused-ring (bicyclic) bond motifs is 1. The molecule has 3 heterocycles. The molecule has 3 aromatic rings. The maximum Gasteiger partial charge on any atom is 0.267 e. The molecule has 0 spiro atoms. The number of carbonyl (C=O) groups is 2. The number of aryl methyl sites for hydroxylation is 2. The minimum absolute atomic E-state index is 0.00774. The Kier molecular flexibility index (Phi) is 6.16. The third kappa shape index (κ3) is 4.73. The first-order valence-corrected chi connectivity index (χ1v) is 11.4. The quantitative estimate of drug-likeness (QED) is 0.575. The van der Waals surface area contributed by atoms with Gasteiger partial charge in [0.25, 0.3) is 5.91 Å². The van der Waals surface area contributed by atoms with Crippen molar-refractivity contribution < 1.29 is 23.5 Å². The molecule has 0 saturated carbocycles. The van der Waals surface area contributed by atoms with E-state index in [4.69, 9.17) is 13.9 Å². The Morgan fingerprint density at radius 3 is 2.41 bits per heavy atom. The fraction of sp³-hybridized carbons (Fsp3) is 0.360. The van der Waals surface area contributed by atoms with Gasteiger partial charge in [-0.25, -0.2) is 0 Å². The number of benzene rings is 2. The Balaban J connectivity index is 1.09. The van der Waals surface area contributed by atoms with E-state index >= 15 is 0 Å². The van der Waals surface area contributed by atoms with Gasteiger partial charge in [0, 0.05) is 44.6 Å². The Bertz CT molecular complexity index is 1170. The molecule has 1 fully saturated rings. The van der Waals surface area contributed by atoms with Crippen LogP contribution in [0.3, 0.4) is 0 Å². The van der Waals surface area contributed by atoms with Crippen molar-refractivity contribution in [2.45, 2.75) is 25.9 Å². The molecule has 9 nitrogen and oxygen atoms in total. The molecule has 176 valence electrons. The summed E-state index contributed by atoms with van der Waals surface area (Å²) in [5, 5.41) is 8.16. The summed E-state index contributed by atoms with van der Waals surface area (Å²) in [5.41, 5.74) is 2.01. The number of hydrogen-bond acceptors (Lipinski definition) is 7. The lowest BCUT2D eigenvalue weighted by Gasteiger charge is -2.37. The number of piperazine rings is 1. The number of amides is 2. The summed E-state index contributed by atoms with van der Waals surface area (Å²) in [5.74, 6) is 2.00. The van der Waals surface area contributed by atoms with Crippen molar-refractivity contribution in [3.63, 3.8) is 0 Å². The van der Waals surface area contributed by atoms with Gasteiger partial charge in [-0.3, -0.25) is 9.59 Å². The Labute approximate surface area is 197 Å². The molecule has 2 aromatic carbocycles. The molecule has 9 heteroatoms. The lowest BCUT2D eigenvalue weighted by molar-refractivity contribution is -0.146. The fourth-order valence-electron chi connectivity index (χ4n) is 4.06. The van der Waals surface area contributed by atoms with E-state index in [-0.39, 0.29) is 24.8 Å². The van der Waals surface area contributed by atoms with Crippen molar-refractivity contribution in [1.29, 1.82) is 0 Å². The molecule has 5 rings (SSSR count). The zero-order valence-corrected chi connectivity index (χ0v) is 19.0. The SMILES string of the molecule is Cc1ccc(-c2nnc(CCC(=O)N3CCN(C(=O)[C@H]4COc5ccccc5O4)CC3)o2)cc1. The van der Waals surface area contributed by atoms with Crippen LogP contribution in [0.4, 0.5) is 0 Å². The number of ether oxygens (including phenoxy) is 2. The average molecular weight is 463 g/mol. The zero-order chi connectivity index (χ0) is 23.5. The fourth-order valence-corrected chi connectivity index (χ4v) is 4.06. The summed E-state index contributed by atoms with van der Waals surface area (Å²) in [6, 6.07) is 15.2. The van der Waals surface area contributed by atoms with Crippen molar-refractivity contribution in [3.8, 4) is 23.0 Å². The van der Waals surface area contributed by atoms with Crippen LogP contribution in [0.5, 0.6) is 11.5 Å². The van der Waals surface area contributed by atoms with Crippen molar-refractivity contribution >= 4 is 11.8 Å². The first kappa shape index (κ1) is 21.9. The largest absolute Gasteiger partial charge is 0.485 e. The highest BCUT2D eigenvalue weighted by Gasteiger charge is 2.33. The molecule has 1 aromatic heterocycles. The molecular weight excluding hydrogens is 436 g/mol. The molecular formula is C25H26N4O5. The van der Waals surface area contributed by atoms with Gasteiger partial charge in [0.2, 0.25) is 23.8 Å². The van der Waals surface area contributed by atoms with Gasteiger partial charge >= 0.3 is 0 Å². The summed E-state index contributed by atoms with van der Waals surface area (Å²) in [6.45, 7) is 4.08. The highest BCUT2D eigenvalue weighted by Crippen LogP contribution is 2.31. The van der Waals surface area contributed by atoms with Crippen LogP contribution in [-0.2, 0) is 16.0 Å². The smallest absolute Gasteiger partial charge is 0.267 e. The summed E-state index contributed by atoms with van der Waals surface area (Å²) in [7, 11) is 0. The van der Waals surface area contributed by atoms with Crippen LogP contribution < -0.4 is 9.47 Å². The van der Waals surface area contributed by atoms with Gasteiger partial charge in [-0.1, -0.05) is 29.8 Å². The predicted octanol–water partition coefficient (Wildman–Crippen LogP) is 2.49. The van der Waals surface area contributed by atoms with E-state index in [9.17, 15) is 9.59 Å². The van der Waals surface area contributed by atoms with E-state index in [2.05, 4.69) is 10.2 Å². The van der Waals surface area contributed by atoms with Crippen LogP contribution in [0.2, 0.25) is 0 Å². The summed E-state index contributed by atoms with van der Waals surface area (Å²) >= 11 is 0. The van der Waals surface area contributed by atoms with Crippen LogP contribution in [0.15, 0.2) is 52.9 Å². The first-order chi connectivity index (χ1) is 16.6. The third-order valence-corrected chi connectivity index (χ3v) is 6.05. The van der Waals surface area contributed by atoms with Crippen molar-refractivity contribution in [3.05, 3.63) is 60.0 Å². The van der Waals surface area contributed by atoms with Crippen molar-refractivity contribution in [2.24, 2.45) is 0 Å². The lowest BCUT2D eigenvalue weighted by Crippen LogP contribution is -2.55. The van der Waals surface area contributed by atoms with Gasteiger partial charge in [-0.15, -0.1) is 10.2 Å². The molecule has 1 saturated heterocycles. The van der Waals surface area contributed by atoms with Gasteiger partial charge in [0.05, 0.1) is 0 Å². The van der Waals surface area contributed by atoms with Crippen LogP contribution >= 0.6 is 0 Å². The molecule has 0 N–H and O–H groups in total. The molecule has 34 heavy (non-hydrogen) atoms. The van der Waals surface area contributed by atoms with Gasteiger partial charge in [-0.05, 0) is 31.2 Å². The molecule has 2 aliphatic heterocycles. The monoisotopic (exact) mass is 462 g/mol. The summed E-state index contributed by atoms with van der Waals surface area (Å²) in [6.07, 6.45) is -0.0130. The van der Waals surface area contributed by atoms with E-state index in [1.165, 1.54) is 0 Å². The van der Waals surface area contributed by atoms with Crippen LogP contribution in [0.1, 0.15) is 17.9 Å². The number of aromatic nitrogens is 2. The number of hydrogen-bond donors (Lipinski definition) is 0. The molecule has 1 atom stereocenters. The highest BCUT2D eigenvalue weighted by molar-refractivity contribution is 5.82. The summed E-state index contributed by atoms with van der Waals surface area (Å²) < 4.78 is 17.2. The molecule has 2 aliphatic rings. The van der Waals surface area contributed by atoms with Crippen LogP contribution in [0, 0.1) is 6.92 Å². The van der Waals surface area contributed by atoms with Crippen molar-refractivity contribution in [1.82, 2.24) is 20.0 Å². The number of carbonyl (C=O) groups excluding carboxylic acids is 2. The minimum Gasteiger partial charge on any atom is -0.485 e. The normalized spacial score (nSPS) is 17.5. The van der Waals surface area contributed by atoms with Crippen LogP contribution in [-0.4, -0.2) is 70.7 Å². The number of rotatable bonds is 5. The average Bonchev–Trinajstić information content (AvgIpc) is 3.36. The zero-order valence-electron chi connectivity index (χ0n) is 19.0. The minimum atomic E-state index is -0.669. The highest BCUT2D eigenvalue weighted by atomic mass is 16.6. The second kappa shape index (κ2) is 9.54.